The van der Waals surface area contributed by atoms with Crippen molar-refractivity contribution in [2.75, 3.05) is 0 Å². The van der Waals surface area contributed by atoms with Gasteiger partial charge in [-0.2, -0.15) is 0 Å². The van der Waals surface area contributed by atoms with Crippen molar-refractivity contribution in [1.82, 2.24) is 0 Å². The molecule has 0 aliphatic carbocycles. The Labute approximate surface area is 103 Å². The topological polar surface area (TPSA) is 20.2 Å². The van der Waals surface area contributed by atoms with Crippen LogP contribution in [0.3, 0.4) is 0 Å². The van der Waals surface area contributed by atoms with Crippen LogP contribution in [0.4, 0.5) is 0 Å². The zero-order valence-corrected chi connectivity index (χ0v) is 12.9. The van der Waals surface area contributed by atoms with Gasteiger partial charge in [0.2, 0.25) is 0 Å². The summed E-state index contributed by atoms with van der Waals surface area (Å²) in [6.45, 7) is 19.9. The minimum absolute atomic E-state index is 0.0776. The molecule has 1 atom stereocenters. The minimum atomic E-state index is -0.622. The Balaban J connectivity index is 5.46. The second-order valence-electron chi connectivity index (χ2n) is 7.11. The monoisotopic (exact) mass is 228 g/mol. The molecule has 0 aromatic heterocycles. The fourth-order valence-corrected chi connectivity index (χ4v) is 2.40. The Morgan fingerprint density at radius 3 is 1.31 bits per heavy atom. The van der Waals surface area contributed by atoms with Crippen LogP contribution in [-0.4, -0.2) is 10.7 Å². The zero-order chi connectivity index (χ0) is 13.4. The second-order valence-corrected chi connectivity index (χ2v) is 7.11. The summed E-state index contributed by atoms with van der Waals surface area (Å²) in [5.41, 5.74) is -0.443. The van der Waals surface area contributed by atoms with Gasteiger partial charge in [0, 0.05) is 0 Å². The standard InChI is InChI=1S/C15H32O/c1-10-12(3,4)13(5,6)14(7,8)15(9,16)11-2/h16H,10-11H2,1-9H3. The van der Waals surface area contributed by atoms with Crippen LogP contribution in [0, 0.1) is 16.2 Å². The molecule has 1 N–H and O–H groups in total. The van der Waals surface area contributed by atoms with Crippen LogP contribution in [0.5, 0.6) is 0 Å². The van der Waals surface area contributed by atoms with Crippen molar-refractivity contribution in [3.8, 4) is 0 Å². The van der Waals surface area contributed by atoms with E-state index in [9.17, 15) is 5.11 Å². The molecule has 1 nitrogen and oxygen atoms in total. The largest absolute Gasteiger partial charge is 0.390 e. The Hall–Kier alpha value is -0.0400. The summed E-state index contributed by atoms with van der Waals surface area (Å²) in [5.74, 6) is 0. The van der Waals surface area contributed by atoms with Gasteiger partial charge in [0.15, 0.2) is 0 Å². The summed E-state index contributed by atoms with van der Waals surface area (Å²) in [4.78, 5) is 0. The maximum atomic E-state index is 10.6. The number of hydrogen-bond donors (Lipinski definition) is 1. The maximum absolute atomic E-state index is 10.6. The van der Waals surface area contributed by atoms with E-state index in [4.69, 9.17) is 0 Å². The fourth-order valence-electron chi connectivity index (χ4n) is 2.40. The van der Waals surface area contributed by atoms with Crippen molar-refractivity contribution in [3.63, 3.8) is 0 Å². The molecule has 16 heavy (non-hydrogen) atoms. The van der Waals surface area contributed by atoms with Crippen LogP contribution in [0.15, 0.2) is 0 Å². The third-order valence-corrected chi connectivity index (χ3v) is 6.17. The van der Waals surface area contributed by atoms with E-state index in [1.54, 1.807) is 0 Å². The van der Waals surface area contributed by atoms with Crippen LogP contribution in [0.2, 0.25) is 0 Å². The quantitative estimate of drug-likeness (QED) is 0.727. The third kappa shape index (κ3) is 2.16. The van der Waals surface area contributed by atoms with Gasteiger partial charge in [-0.15, -0.1) is 0 Å². The van der Waals surface area contributed by atoms with Gasteiger partial charge >= 0.3 is 0 Å². The highest BCUT2D eigenvalue weighted by atomic mass is 16.3. The van der Waals surface area contributed by atoms with E-state index in [0.29, 0.717) is 0 Å². The van der Waals surface area contributed by atoms with Gasteiger partial charge in [-0.25, -0.2) is 0 Å². The molecule has 0 heterocycles. The molecule has 0 aromatic carbocycles. The lowest BCUT2D eigenvalue weighted by molar-refractivity contribution is -0.156. The molecule has 0 aliphatic rings. The molecule has 0 radical (unpaired) electrons. The van der Waals surface area contributed by atoms with Gasteiger partial charge in [0.1, 0.15) is 0 Å². The first-order valence-corrected chi connectivity index (χ1v) is 6.59. The van der Waals surface area contributed by atoms with Crippen molar-refractivity contribution in [2.24, 2.45) is 16.2 Å². The third-order valence-electron chi connectivity index (χ3n) is 6.17. The highest BCUT2D eigenvalue weighted by Crippen LogP contribution is 2.57. The lowest BCUT2D eigenvalue weighted by atomic mass is 9.49. The molecule has 0 aromatic rings. The molecule has 0 amide bonds. The van der Waals surface area contributed by atoms with Gasteiger partial charge in [0.25, 0.3) is 0 Å². The SMILES string of the molecule is CCC(C)(C)C(C)(C)C(C)(C)C(C)(O)CC. The average Bonchev–Trinajstić information content (AvgIpc) is 2.16. The van der Waals surface area contributed by atoms with Gasteiger partial charge in [0.05, 0.1) is 5.60 Å². The van der Waals surface area contributed by atoms with Crippen LogP contribution >= 0.6 is 0 Å². The Morgan fingerprint density at radius 2 is 1.06 bits per heavy atom. The molecule has 0 saturated heterocycles. The molecular formula is C15H32O. The molecular weight excluding hydrogens is 196 g/mol. The smallest absolute Gasteiger partial charge is 0.0673 e. The van der Waals surface area contributed by atoms with E-state index >= 15 is 0 Å². The first-order valence-electron chi connectivity index (χ1n) is 6.59. The minimum Gasteiger partial charge on any atom is -0.390 e. The van der Waals surface area contributed by atoms with E-state index in [-0.39, 0.29) is 16.2 Å². The van der Waals surface area contributed by atoms with E-state index < -0.39 is 5.60 Å². The Morgan fingerprint density at radius 1 is 0.688 bits per heavy atom. The van der Waals surface area contributed by atoms with E-state index in [0.717, 1.165) is 12.8 Å². The van der Waals surface area contributed by atoms with Gasteiger partial charge in [-0.05, 0) is 29.6 Å². The first-order chi connectivity index (χ1) is 6.87. The Kier molecular flexibility index (Phi) is 4.32. The van der Waals surface area contributed by atoms with Gasteiger partial charge < -0.3 is 5.11 Å². The highest BCUT2D eigenvalue weighted by Gasteiger charge is 2.54. The average molecular weight is 228 g/mol. The van der Waals surface area contributed by atoms with Crippen molar-refractivity contribution < 1.29 is 5.11 Å². The molecule has 98 valence electrons. The predicted molar refractivity (Wildman–Crippen MR) is 72.5 cm³/mol. The summed E-state index contributed by atoms with van der Waals surface area (Å²) in [6, 6.07) is 0. The molecule has 0 bridgehead atoms. The lowest BCUT2D eigenvalue weighted by Crippen LogP contribution is -2.55. The molecule has 0 saturated carbocycles. The number of hydrogen-bond acceptors (Lipinski definition) is 1. The van der Waals surface area contributed by atoms with Crippen LogP contribution in [-0.2, 0) is 0 Å². The summed E-state index contributed by atoms with van der Waals surface area (Å²) in [6.07, 6.45) is 1.92. The summed E-state index contributed by atoms with van der Waals surface area (Å²) >= 11 is 0. The highest BCUT2D eigenvalue weighted by molar-refractivity contribution is 5.03. The van der Waals surface area contributed by atoms with Crippen molar-refractivity contribution in [2.45, 2.75) is 80.8 Å². The Bertz CT molecular complexity index is 208. The number of aliphatic hydroxyl groups is 1. The van der Waals surface area contributed by atoms with E-state index in [1.807, 2.05) is 6.92 Å². The van der Waals surface area contributed by atoms with Crippen molar-refractivity contribution >= 4 is 0 Å². The molecule has 0 fully saturated rings. The molecule has 0 spiro atoms. The van der Waals surface area contributed by atoms with E-state index in [1.165, 1.54) is 0 Å². The fraction of sp³-hybridized carbons (Fsp3) is 1.00. The van der Waals surface area contributed by atoms with Crippen LogP contribution < -0.4 is 0 Å². The first kappa shape index (κ1) is 16.0. The second kappa shape index (κ2) is 4.33. The van der Waals surface area contributed by atoms with Gasteiger partial charge in [-0.3, -0.25) is 0 Å². The molecule has 1 unspecified atom stereocenters. The summed E-state index contributed by atoms with van der Waals surface area (Å²) in [5, 5.41) is 10.6. The molecule has 1 heteroatoms. The summed E-state index contributed by atoms with van der Waals surface area (Å²) < 4.78 is 0. The van der Waals surface area contributed by atoms with Gasteiger partial charge in [-0.1, -0.05) is 61.8 Å². The molecule has 0 aliphatic heterocycles. The normalized spacial score (nSPS) is 18.4. The predicted octanol–water partition coefficient (Wildman–Crippen LogP) is 4.64. The van der Waals surface area contributed by atoms with E-state index in [2.05, 4.69) is 55.4 Å². The maximum Gasteiger partial charge on any atom is 0.0673 e. The van der Waals surface area contributed by atoms with Crippen molar-refractivity contribution in [1.29, 1.82) is 0 Å². The number of rotatable bonds is 5. The van der Waals surface area contributed by atoms with Crippen LogP contribution in [0.1, 0.15) is 75.2 Å². The van der Waals surface area contributed by atoms with Crippen molar-refractivity contribution in [3.05, 3.63) is 0 Å². The lowest BCUT2D eigenvalue weighted by Gasteiger charge is -2.57. The molecule has 0 rings (SSSR count). The zero-order valence-electron chi connectivity index (χ0n) is 12.9. The van der Waals surface area contributed by atoms with Crippen LogP contribution in [0.25, 0.3) is 0 Å². The summed E-state index contributed by atoms with van der Waals surface area (Å²) in [7, 11) is 0.